The summed E-state index contributed by atoms with van der Waals surface area (Å²) in [5.74, 6) is 0. The molecule has 0 aromatic carbocycles. The fourth-order valence-electron chi connectivity index (χ4n) is 1.10. The molecule has 0 aromatic heterocycles. The Bertz CT molecular complexity index is 156. The summed E-state index contributed by atoms with van der Waals surface area (Å²) in [4.78, 5) is 0. The Labute approximate surface area is 62.4 Å². The van der Waals surface area contributed by atoms with Gasteiger partial charge in [0.05, 0.1) is 6.26 Å². The van der Waals surface area contributed by atoms with Crippen molar-refractivity contribution in [3.8, 4) is 0 Å². The molecule has 1 rings (SSSR count). The number of hydrogen-bond acceptors (Lipinski definition) is 1. The summed E-state index contributed by atoms with van der Waals surface area (Å²) in [7, 11) is 0. The minimum atomic E-state index is 0.343. The van der Waals surface area contributed by atoms with Gasteiger partial charge in [-0.05, 0) is 25.0 Å². The molecule has 1 heteroatoms. The molecule has 1 atom stereocenters. The lowest BCUT2D eigenvalue weighted by Crippen LogP contribution is -2.12. The molecular weight excluding hydrogens is 124 g/mol. The summed E-state index contributed by atoms with van der Waals surface area (Å²) < 4.78 is 5.38. The quantitative estimate of drug-likeness (QED) is 0.570. The molecule has 0 amide bonds. The fourth-order valence-corrected chi connectivity index (χ4v) is 1.10. The van der Waals surface area contributed by atoms with Crippen molar-refractivity contribution in [3.05, 3.63) is 24.0 Å². The highest BCUT2D eigenvalue weighted by Crippen LogP contribution is 2.16. The molecule has 0 N–H and O–H groups in total. The van der Waals surface area contributed by atoms with Gasteiger partial charge in [-0.3, -0.25) is 0 Å². The van der Waals surface area contributed by atoms with Crippen molar-refractivity contribution in [2.24, 2.45) is 0 Å². The van der Waals surface area contributed by atoms with Crippen LogP contribution in [0.4, 0.5) is 0 Å². The maximum Gasteiger partial charge on any atom is 0.119 e. The van der Waals surface area contributed by atoms with E-state index in [2.05, 4.69) is 19.9 Å². The van der Waals surface area contributed by atoms with Gasteiger partial charge in [-0.2, -0.15) is 0 Å². The molecule has 0 radical (unpaired) electrons. The molecule has 0 bridgehead atoms. The van der Waals surface area contributed by atoms with E-state index in [1.807, 2.05) is 6.08 Å². The average Bonchev–Trinajstić information content (AvgIpc) is 1.94. The highest BCUT2D eigenvalue weighted by atomic mass is 16.5. The molecule has 0 aliphatic carbocycles. The number of hydrogen-bond donors (Lipinski definition) is 0. The first-order valence-electron chi connectivity index (χ1n) is 3.83. The Hall–Kier alpha value is -0.720. The van der Waals surface area contributed by atoms with Crippen LogP contribution < -0.4 is 0 Å². The van der Waals surface area contributed by atoms with Gasteiger partial charge in [-0.1, -0.05) is 19.4 Å². The predicted octanol–water partition coefficient (Wildman–Crippen LogP) is 2.65. The molecule has 1 nitrogen and oxygen atoms in total. The highest BCUT2D eigenvalue weighted by Gasteiger charge is 2.10. The summed E-state index contributed by atoms with van der Waals surface area (Å²) in [5.41, 5.74) is 1.34. The Morgan fingerprint density at radius 1 is 1.60 bits per heavy atom. The largest absolute Gasteiger partial charge is 0.494 e. The zero-order chi connectivity index (χ0) is 7.40. The second-order valence-corrected chi connectivity index (χ2v) is 2.65. The van der Waals surface area contributed by atoms with Gasteiger partial charge in [-0.25, -0.2) is 0 Å². The molecule has 1 heterocycles. The Kier molecular flexibility index (Phi) is 2.55. The van der Waals surface area contributed by atoms with Crippen molar-refractivity contribution in [1.82, 2.24) is 0 Å². The standard InChI is InChI=1S/C9H14O/c1-3-5-9-8(2)6-4-7-10-9/h4,6-7,9H,3,5H2,1-2H3. The maximum absolute atomic E-state index is 5.38. The van der Waals surface area contributed by atoms with Gasteiger partial charge in [0, 0.05) is 0 Å². The zero-order valence-electron chi connectivity index (χ0n) is 6.63. The van der Waals surface area contributed by atoms with Crippen LogP contribution in [0.25, 0.3) is 0 Å². The maximum atomic E-state index is 5.38. The molecule has 0 saturated heterocycles. The van der Waals surface area contributed by atoms with Gasteiger partial charge >= 0.3 is 0 Å². The van der Waals surface area contributed by atoms with Crippen LogP contribution in [0, 0.1) is 0 Å². The summed E-state index contributed by atoms with van der Waals surface area (Å²) in [5, 5.41) is 0. The van der Waals surface area contributed by atoms with E-state index in [4.69, 9.17) is 4.74 Å². The van der Waals surface area contributed by atoms with E-state index in [0.29, 0.717) is 6.10 Å². The van der Waals surface area contributed by atoms with Crippen LogP contribution in [0.3, 0.4) is 0 Å². The van der Waals surface area contributed by atoms with E-state index in [0.717, 1.165) is 6.42 Å². The van der Waals surface area contributed by atoms with Crippen LogP contribution in [0.15, 0.2) is 24.0 Å². The Balaban J connectivity index is 2.47. The smallest absolute Gasteiger partial charge is 0.119 e. The van der Waals surface area contributed by atoms with E-state index < -0.39 is 0 Å². The lowest BCUT2D eigenvalue weighted by Gasteiger charge is -2.18. The van der Waals surface area contributed by atoms with Crippen molar-refractivity contribution in [3.63, 3.8) is 0 Å². The van der Waals surface area contributed by atoms with Gasteiger partial charge < -0.3 is 4.74 Å². The zero-order valence-corrected chi connectivity index (χ0v) is 6.63. The highest BCUT2D eigenvalue weighted by molar-refractivity contribution is 5.16. The van der Waals surface area contributed by atoms with Crippen LogP contribution in [0.2, 0.25) is 0 Å². The molecule has 0 saturated carbocycles. The van der Waals surface area contributed by atoms with Crippen molar-refractivity contribution in [2.45, 2.75) is 32.8 Å². The lowest BCUT2D eigenvalue weighted by molar-refractivity contribution is 0.162. The monoisotopic (exact) mass is 138 g/mol. The summed E-state index contributed by atoms with van der Waals surface area (Å²) in [6, 6.07) is 0. The first-order chi connectivity index (χ1) is 4.84. The molecule has 0 aromatic rings. The Morgan fingerprint density at radius 3 is 3.00 bits per heavy atom. The van der Waals surface area contributed by atoms with E-state index in [9.17, 15) is 0 Å². The second-order valence-electron chi connectivity index (χ2n) is 2.65. The van der Waals surface area contributed by atoms with Crippen LogP contribution in [-0.4, -0.2) is 6.10 Å². The number of allylic oxidation sites excluding steroid dienone is 2. The third kappa shape index (κ3) is 1.63. The average molecular weight is 138 g/mol. The summed E-state index contributed by atoms with van der Waals surface area (Å²) in [6.07, 6.45) is 8.49. The van der Waals surface area contributed by atoms with Crippen LogP contribution in [0.5, 0.6) is 0 Å². The Morgan fingerprint density at radius 2 is 2.40 bits per heavy atom. The third-order valence-corrected chi connectivity index (χ3v) is 1.74. The molecule has 1 unspecified atom stereocenters. The molecule has 56 valence electrons. The molecule has 1 aliphatic rings. The molecule has 0 fully saturated rings. The van der Waals surface area contributed by atoms with E-state index in [1.54, 1.807) is 6.26 Å². The molecular formula is C9H14O. The first-order valence-corrected chi connectivity index (χ1v) is 3.83. The normalized spacial score (nSPS) is 23.8. The topological polar surface area (TPSA) is 9.23 Å². The number of rotatable bonds is 2. The van der Waals surface area contributed by atoms with Crippen LogP contribution >= 0.6 is 0 Å². The SMILES string of the molecule is CCCC1OC=CC=C1C. The lowest BCUT2D eigenvalue weighted by atomic mass is 10.1. The van der Waals surface area contributed by atoms with Gasteiger partial charge in [-0.15, -0.1) is 0 Å². The predicted molar refractivity (Wildman–Crippen MR) is 42.7 cm³/mol. The third-order valence-electron chi connectivity index (χ3n) is 1.74. The van der Waals surface area contributed by atoms with E-state index >= 15 is 0 Å². The minimum absolute atomic E-state index is 0.343. The van der Waals surface area contributed by atoms with E-state index in [1.165, 1.54) is 12.0 Å². The molecule has 0 spiro atoms. The first kappa shape index (κ1) is 7.39. The van der Waals surface area contributed by atoms with Gasteiger partial charge in [0.1, 0.15) is 6.10 Å². The van der Waals surface area contributed by atoms with Crippen LogP contribution in [0.1, 0.15) is 26.7 Å². The van der Waals surface area contributed by atoms with Crippen molar-refractivity contribution in [2.75, 3.05) is 0 Å². The fraction of sp³-hybridized carbons (Fsp3) is 0.556. The van der Waals surface area contributed by atoms with Crippen molar-refractivity contribution in [1.29, 1.82) is 0 Å². The molecule has 1 aliphatic heterocycles. The molecule has 10 heavy (non-hydrogen) atoms. The number of ether oxygens (including phenoxy) is 1. The second kappa shape index (κ2) is 3.45. The van der Waals surface area contributed by atoms with Crippen molar-refractivity contribution < 1.29 is 4.74 Å². The van der Waals surface area contributed by atoms with Gasteiger partial charge in [0.25, 0.3) is 0 Å². The summed E-state index contributed by atoms with van der Waals surface area (Å²) in [6.45, 7) is 4.29. The van der Waals surface area contributed by atoms with Crippen molar-refractivity contribution >= 4 is 0 Å². The minimum Gasteiger partial charge on any atom is -0.494 e. The van der Waals surface area contributed by atoms with Gasteiger partial charge in [0.2, 0.25) is 0 Å². The van der Waals surface area contributed by atoms with Crippen LogP contribution in [-0.2, 0) is 4.74 Å². The summed E-state index contributed by atoms with van der Waals surface area (Å²) >= 11 is 0. The van der Waals surface area contributed by atoms with Gasteiger partial charge in [0.15, 0.2) is 0 Å². The van der Waals surface area contributed by atoms with E-state index in [-0.39, 0.29) is 0 Å².